The van der Waals surface area contributed by atoms with Crippen LogP contribution in [0, 0.1) is 13.8 Å². The number of carbonyl (C=O) groups is 1. The maximum atomic E-state index is 12.2. The Morgan fingerprint density at radius 1 is 1.40 bits per heavy atom. The first-order valence-electron chi connectivity index (χ1n) is 8.05. The van der Waals surface area contributed by atoms with Crippen molar-refractivity contribution in [2.75, 3.05) is 11.9 Å². The zero-order chi connectivity index (χ0) is 18.0. The van der Waals surface area contributed by atoms with E-state index in [1.807, 2.05) is 33.8 Å². The van der Waals surface area contributed by atoms with Crippen LogP contribution in [-0.2, 0) is 4.79 Å². The predicted molar refractivity (Wildman–Crippen MR) is 95.6 cm³/mol. The summed E-state index contributed by atoms with van der Waals surface area (Å²) in [4.78, 5) is 12.2. The fraction of sp³-hybridized carbons (Fsp3) is 0.263. The number of rotatable bonds is 5. The number of fused-ring (bicyclic) bond motifs is 1. The minimum absolute atomic E-state index is 0.282. The van der Waals surface area contributed by atoms with Crippen molar-refractivity contribution in [3.63, 3.8) is 0 Å². The molecule has 130 valence electrons. The van der Waals surface area contributed by atoms with Gasteiger partial charge in [0.2, 0.25) is 5.91 Å². The third-order valence-electron chi connectivity index (χ3n) is 3.99. The van der Waals surface area contributed by atoms with Gasteiger partial charge in [0, 0.05) is 28.7 Å². The van der Waals surface area contributed by atoms with Crippen LogP contribution in [0.2, 0.25) is 0 Å². The number of furan rings is 1. The Labute approximate surface area is 145 Å². The average Bonchev–Trinajstić information content (AvgIpc) is 3.20. The molecule has 2 heterocycles. The summed E-state index contributed by atoms with van der Waals surface area (Å²) in [7, 11) is 0. The second kappa shape index (κ2) is 6.84. The van der Waals surface area contributed by atoms with Crippen molar-refractivity contribution in [2.45, 2.75) is 27.7 Å². The minimum atomic E-state index is -0.282. The molecule has 3 aromatic rings. The number of carbonyl (C=O) groups excluding carboxylic acids is 1. The number of nitrogens with zero attached hydrogens (tertiary/aromatic N) is 1. The first kappa shape index (κ1) is 16.8. The largest absolute Gasteiger partial charge is 0.493 e. The van der Waals surface area contributed by atoms with Gasteiger partial charge in [-0.3, -0.25) is 4.79 Å². The maximum absolute atomic E-state index is 12.2. The zero-order valence-corrected chi connectivity index (χ0v) is 14.7. The molecule has 0 unspecified atom stereocenters. The molecule has 0 fully saturated rings. The Morgan fingerprint density at radius 2 is 2.20 bits per heavy atom. The van der Waals surface area contributed by atoms with Crippen LogP contribution in [0.15, 0.2) is 39.7 Å². The number of nitrogens with one attached hydrogen (secondary N) is 1. The van der Waals surface area contributed by atoms with Crippen LogP contribution in [0.3, 0.4) is 0 Å². The molecule has 0 saturated carbocycles. The van der Waals surface area contributed by atoms with E-state index in [9.17, 15) is 4.79 Å². The fourth-order valence-electron chi connectivity index (χ4n) is 2.78. The molecule has 25 heavy (non-hydrogen) atoms. The zero-order valence-electron chi connectivity index (χ0n) is 14.7. The van der Waals surface area contributed by atoms with Crippen LogP contribution >= 0.6 is 0 Å². The highest BCUT2D eigenvalue weighted by Gasteiger charge is 2.17. The minimum Gasteiger partial charge on any atom is -0.493 e. The quantitative estimate of drug-likeness (QED) is 0.693. The first-order valence-corrected chi connectivity index (χ1v) is 8.05. The molecule has 0 bridgehead atoms. The standard InChI is InChI=1S/C19H20N2O4/c1-5-23-18-13(4)19-15(12(3)10-24-19)9-14(18)11(2)8-17(22)20-16-6-7-25-21-16/h6-10H,5H2,1-4H3,(H,20,21,22)/b11-8+. The molecule has 0 aliphatic carbocycles. The average molecular weight is 340 g/mol. The maximum Gasteiger partial charge on any atom is 0.249 e. The van der Waals surface area contributed by atoms with Crippen molar-refractivity contribution >= 4 is 28.3 Å². The van der Waals surface area contributed by atoms with E-state index in [1.165, 1.54) is 12.3 Å². The molecular weight excluding hydrogens is 320 g/mol. The van der Waals surface area contributed by atoms with Gasteiger partial charge in [0.1, 0.15) is 17.6 Å². The van der Waals surface area contributed by atoms with Gasteiger partial charge in [-0.1, -0.05) is 5.16 Å². The lowest BCUT2D eigenvalue weighted by Crippen LogP contribution is -2.09. The number of aryl methyl sites for hydroxylation is 2. The molecule has 0 aliphatic heterocycles. The predicted octanol–water partition coefficient (Wildman–Crippen LogP) is 4.48. The van der Waals surface area contributed by atoms with Gasteiger partial charge in [-0.25, -0.2) is 0 Å². The monoisotopic (exact) mass is 340 g/mol. The molecule has 6 nitrogen and oxygen atoms in total. The van der Waals surface area contributed by atoms with E-state index < -0.39 is 0 Å². The molecule has 1 amide bonds. The Kier molecular flexibility index (Phi) is 4.61. The number of benzene rings is 1. The van der Waals surface area contributed by atoms with Gasteiger partial charge in [-0.15, -0.1) is 0 Å². The normalized spacial score (nSPS) is 11.8. The molecule has 0 aliphatic rings. The van der Waals surface area contributed by atoms with Crippen molar-refractivity contribution in [3.8, 4) is 5.75 Å². The molecule has 1 aromatic carbocycles. The number of anilines is 1. The van der Waals surface area contributed by atoms with Crippen molar-refractivity contribution in [3.05, 3.63) is 47.4 Å². The lowest BCUT2D eigenvalue weighted by Gasteiger charge is -2.14. The van der Waals surface area contributed by atoms with Crippen LogP contribution in [0.4, 0.5) is 5.82 Å². The van der Waals surface area contributed by atoms with Gasteiger partial charge in [0.05, 0.1) is 12.9 Å². The van der Waals surface area contributed by atoms with Gasteiger partial charge in [0.25, 0.3) is 0 Å². The van der Waals surface area contributed by atoms with Crippen LogP contribution < -0.4 is 10.1 Å². The molecule has 2 aromatic heterocycles. The topological polar surface area (TPSA) is 77.5 Å². The number of aromatic nitrogens is 1. The highest BCUT2D eigenvalue weighted by Crippen LogP contribution is 2.37. The lowest BCUT2D eigenvalue weighted by molar-refractivity contribution is -0.111. The summed E-state index contributed by atoms with van der Waals surface area (Å²) in [5.74, 6) is 0.819. The first-order chi connectivity index (χ1) is 12.0. The van der Waals surface area contributed by atoms with E-state index in [0.717, 1.165) is 39.0 Å². The Bertz CT molecular complexity index is 936. The Balaban J connectivity index is 2.03. The van der Waals surface area contributed by atoms with E-state index in [-0.39, 0.29) is 5.91 Å². The summed E-state index contributed by atoms with van der Waals surface area (Å²) in [5.41, 5.74) is 4.43. The molecular formula is C19H20N2O4. The van der Waals surface area contributed by atoms with Crippen molar-refractivity contribution in [2.24, 2.45) is 0 Å². The molecule has 6 heteroatoms. The molecule has 0 atom stereocenters. The number of amides is 1. The van der Waals surface area contributed by atoms with Gasteiger partial charge in [-0.2, -0.15) is 0 Å². The SMILES string of the molecule is CCOc1c(/C(C)=C/C(=O)Nc2ccon2)cc2c(C)coc2c1C. The van der Waals surface area contributed by atoms with E-state index in [1.54, 1.807) is 12.3 Å². The molecule has 1 N–H and O–H groups in total. The lowest BCUT2D eigenvalue weighted by atomic mass is 9.98. The molecule has 0 saturated heterocycles. The summed E-state index contributed by atoms with van der Waals surface area (Å²) in [6, 6.07) is 3.58. The second-order valence-corrected chi connectivity index (χ2v) is 5.81. The van der Waals surface area contributed by atoms with Gasteiger partial charge < -0.3 is 19.0 Å². The highest BCUT2D eigenvalue weighted by molar-refractivity contribution is 6.04. The van der Waals surface area contributed by atoms with Crippen LogP contribution in [-0.4, -0.2) is 17.7 Å². The summed E-state index contributed by atoms with van der Waals surface area (Å²) in [6.45, 7) is 8.28. The van der Waals surface area contributed by atoms with Crippen LogP contribution in [0.25, 0.3) is 16.5 Å². The highest BCUT2D eigenvalue weighted by atomic mass is 16.5. The molecule has 0 radical (unpaired) electrons. The van der Waals surface area contributed by atoms with Gasteiger partial charge in [-0.05, 0) is 44.9 Å². The van der Waals surface area contributed by atoms with E-state index >= 15 is 0 Å². The van der Waals surface area contributed by atoms with E-state index in [0.29, 0.717) is 12.4 Å². The van der Waals surface area contributed by atoms with Crippen molar-refractivity contribution in [1.82, 2.24) is 5.16 Å². The number of allylic oxidation sites excluding steroid dienone is 1. The summed E-state index contributed by atoms with van der Waals surface area (Å²) < 4.78 is 16.2. The third kappa shape index (κ3) is 3.28. The molecule has 0 spiro atoms. The smallest absolute Gasteiger partial charge is 0.249 e. The van der Waals surface area contributed by atoms with E-state index in [2.05, 4.69) is 10.5 Å². The Hall–Kier alpha value is -3.02. The van der Waals surface area contributed by atoms with Crippen LogP contribution in [0.5, 0.6) is 5.75 Å². The second-order valence-electron chi connectivity index (χ2n) is 5.81. The number of hydrogen-bond donors (Lipinski definition) is 1. The summed E-state index contributed by atoms with van der Waals surface area (Å²) >= 11 is 0. The number of ether oxygens (including phenoxy) is 1. The van der Waals surface area contributed by atoms with Crippen molar-refractivity contribution < 1.29 is 18.5 Å². The fourth-order valence-corrected chi connectivity index (χ4v) is 2.78. The van der Waals surface area contributed by atoms with E-state index in [4.69, 9.17) is 13.7 Å². The third-order valence-corrected chi connectivity index (χ3v) is 3.99. The van der Waals surface area contributed by atoms with Gasteiger partial charge >= 0.3 is 0 Å². The number of hydrogen-bond acceptors (Lipinski definition) is 5. The summed E-state index contributed by atoms with van der Waals surface area (Å²) in [5, 5.41) is 7.34. The molecule has 3 rings (SSSR count). The van der Waals surface area contributed by atoms with Crippen molar-refractivity contribution in [1.29, 1.82) is 0 Å². The Morgan fingerprint density at radius 3 is 2.88 bits per heavy atom. The van der Waals surface area contributed by atoms with Gasteiger partial charge in [0.15, 0.2) is 5.82 Å². The van der Waals surface area contributed by atoms with Crippen LogP contribution in [0.1, 0.15) is 30.5 Å². The summed E-state index contributed by atoms with van der Waals surface area (Å²) in [6.07, 6.45) is 4.65.